The van der Waals surface area contributed by atoms with Gasteiger partial charge in [0.05, 0.1) is 6.61 Å². The van der Waals surface area contributed by atoms with Crippen LogP contribution in [-0.4, -0.2) is 35.9 Å². The summed E-state index contributed by atoms with van der Waals surface area (Å²) in [5, 5.41) is 11.6. The average molecular weight is 372 g/mol. The molecule has 1 aliphatic rings. The van der Waals surface area contributed by atoms with Gasteiger partial charge >= 0.3 is 11.5 Å². The van der Waals surface area contributed by atoms with Gasteiger partial charge in [0.1, 0.15) is 6.61 Å². The molecule has 7 heteroatoms. The number of benzene rings is 1. The Labute approximate surface area is 153 Å². The Morgan fingerprint density at radius 2 is 1.88 bits per heavy atom. The van der Waals surface area contributed by atoms with Crippen LogP contribution in [0, 0.1) is 11.8 Å². The molecule has 25 heavy (non-hydrogen) atoms. The van der Waals surface area contributed by atoms with Gasteiger partial charge in [0, 0.05) is 24.2 Å². The number of alkyl carbamates (subject to hydrolysis) is 1. The molecule has 0 saturated heterocycles. The molecule has 140 valence electrons. The number of aliphatic hydroxyl groups excluding tert-OH is 1. The maximum absolute atomic E-state index is 11.4. The minimum atomic E-state index is -0.723. The Hall–Kier alpha value is -1.79. The summed E-state index contributed by atoms with van der Waals surface area (Å²) >= 11 is 4.86. The predicted molar refractivity (Wildman–Crippen MR) is 95.4 cm³/mol. The lowest BCUT2D eigenvalue weighted by atomic mass is 9.81. The number of halogens is 1. The van der Waals surface area contributed by atoms with E-state index in [4.69, 9.17) is 21.4 Å². The first-order chi connectivity index (χ1) is 11.9. The van der Waals surface area contributed by atoms with Crippen molar-refractivity contribution in [1.82, 2.24) is 5.32 Å². The number of nitrogens with one attached hydrogen (secondary N) is 1. The second-order valence-electron chi connectivity index (χ2n) is 6.37. The third-order valence-corrected chi connectivity index (χ3v) is 3.67. The van der Waals surface area contributed by atoms with Crippen LogP contribution >= 0.6 is 11.6 Å². The van der Waals surface area contributed by atoms with E-state index in [2.05, 4.69) is 10.1 Å². The fourth-order valence-electron chi connectivity index (χ4n) is 2.17. The van der Waals surface area contributed by atoms with Gasteiger partial charge < -0.3 is 19.9 Å². The highest BCUT2D eigenvalue weighted by Gasteiger charge is 2.29. The number of rotatable bonds is 6. The SMILES string of the molecule is CC(C)COC(=O)Cl.O=C(NC1CC(CO)C1)OCc1ccccc1. The number of carbonyl (C=O) groups excluding carboxylic acids is 2. The highest BCUT2D eigenvalue weighted by Crippen LogP contribution is 2.26. The van der Waals surface area contributed by atoms with E-state index in [1.807, 2.05) is 44.2 Å². The Balaban J connectivity index is 0.000000333. The number of hydrogen-bond donors (Lipinski definition) is 2. The van der Waals surface area contributed by atoms with Crippen molar-refractivity contribution in [1.29, 1.82) is 0 Å². The van der Waals surface area contributed by atoms with Crippen molar-refractivity contribution in [2.75, 3.05) is 13.2 Å². The zero-order valence-corrected chi connectivity index (χ0v) is 15.4. The first-order valence-electron chi connectivity index (χ1n) is 8.31. The van der Waals surface area contributed by atoms with Crippen molar-refractivity contribution in [3.05, 3.63) is 35.9 Å². The van der Waals surface area contributed by atoms with Gasteiger partial charge in [-0.3, -0.25) is 0 Å². The lowest BCUT2D eigenvalue weighted by Crippen LogP contribution is -2.45. The van der Waals surface area contributed by atoms with Crippen LogP contribution in [0.1, 0.15) is 32.3 Å². The van der Waals surface area contributed by atoms with E-state index in [1.165, 1.54) is 0 Å². The Kier molecular flexibility index (Phi) is 9.96. The van der Waals surface area contributed by atoms with E-state index in [9.17, 15) is 9.59 Å². The Morgan fingerprint density at radius 1 is 1.24 bits per heavy atom. The fraction of sp³-hybridized carbons (Fsp3) is 0.556. The molecular formula is C18H26ClNO5. The number of amides is 1. The maximum Gasteiger partial charge on any atom is 0.407 e. The normalized spacial score (nSPS) is 18.4. The molecule has 1 aromatic carbocycles. The highest BCUT2D eigenvalue weighted by molar-refractivity contribution is 6.61. The van der Waals surface area contributed by atoms with Gasteiger partial charge in [0.25, 0.3) is 0 Å². The molecule has 2 N–H and O–H groups in total. The molecule has 2 rings (SSSR count). The summed E-state index contributed by atoms with van der Waals surface area (Å²) in [6.07, 6.45) is 1.31. The molecule has 0 aliphatic heterocycles. The zero-order chi connectivity index (χ0) is 18.7. The van der Waals surface area contributed by atoms with Crippen LogP contribution in [0.15, 0.2) is 30.3 Å². The maximum atomic E-state index is 11.4. The first kappa shape index (κ1) is 21.3. The van der Waals surface area contributed by atoms with Gasteiger partial charge in [0.15, 0.2) is 0 Å². The topological polar surface area (TPSA) is 84.9 Å². The molecule has 1 aromatic rings. The average Bonchev–Trinajstić information content (AvgIpc) is 2.55. The van der Waals surface area contributed by atoms with E-state index >= 15 is 0 Å². The van der Waals surface area contributed by atoms with Gasteiger partial charge in [-0.25, -0.2) is 9.59 Å². The Bertz CT molecular complexity index is 517. The van der Waals surface area contributed by atoms with Gasteiger partial charge in [0.2, 0.25) is 0 Å². The van der Waals surface area contributed by atoms with Crippen molar-refractivity contribution in [2.45, 2.75) is 39.3 Å². The van der Waals surface area contributed by atoms with Crippen molar-refractivity contribution in [2.24, 2.45) is 11.8 Å². The molecular weight excluding hydrogens is 346 g/mol. The summed E-state index contributed by atoms with van der Waals surface area (Å²) in [6.45, 7) is 4.79. The number of ether oxygens (including phenoxy) is 2. The molecule has 1 aliphatic carbocycles. The van der Waals surface area contributed by atoms with Gasteiger partial charge in [-0.15, -0.1) is 0 Å². The van der Waals surface area contributed by atoms with Crippen molar-refractivity contribution >= 4 is 23.1 Å². The second kappa shape index (κ2) is 11.7. The molecule has 6 nitrogen and oxygen atoms in total. The van der Waals surface area contributed by atoms with Crippen LogP contribution in [-0.2, 0) is 16.1 Å². The molecule has 1 amide bonds. The molecule has 1 saturated carbocycles. The molecule has 0 unspecified atom stereocenters. The number of aliphatic hydroxyl groups is 1. The largest absolute Gasteiger partial charge is 0.453 e. The Morgan fingerprint density at radius 3 is 2.36 bits per heavy atom. The summed E-state index contributed by atoms with van der Waals surface area (Å²) in [7, 11) is 0. The van der Waals surface area contributed by atoms with E-state index in [-0.39, 0.29) is 18.7 Å². The smallest absolute Gasteiger partial charge is 0.407 e. The molecule has 0 aromatic heterocycles. The first-order valence-corrected chi connectivity index (χ1v) is 8.68. The lowest BCUT2D eigenvalue weighted by Gasteiger charge is -2.34. The van der Waals surface area contributed by atoms with Crippen LogP contribution in [0.4, 0.5) is 9.59 Å². The third kappa shape index (κ3) is 9.94. The summed E-state index contributed by atoms with van der Waals surface area (Å²) in [4.78, 5) is 21.3. The molecule has 0 atom stereocenters. The standard InChI is InChI=1S/C13H17NO3.C5H9ClO2/c15-8-11-6-12(7-11)14-13(16)17-9-10-4-2-1-3-5-10;1-4(2)3-8-5(6)7/h1-5,11-12,15H,6-9H2,(H,14,16);4H,3H2,1-2H3. The van der Waals surface area contributed by atoms with E-state index < -0.39 is 5.43 Å². The summed E-state index contributed by atoms with van der Waals surface area (Å²) < 4.78 is 9.52. The fourth-order valence-corrected chi connectivity index (χ4v) is 2.23. The van der Waals surface area contributed by atoms with E-state index in [0.29, 0.717) is 25.0 Å². The van der Waals surface area contributed by atoms with Crippen molar-refractivity contribution < 1.29 is 24.2 Å². The minimum absolute atomic E-state index is 0.162. The molecule has 0 spiro atoms. The second-order valence-corrected chi connectivity index (χ2v) is 6.67. The molecule has 0 bridgehead atoms. The quantitative estimate of drug-likeness (QED) is 0.745. The van der Waals surface area contributed by atoms with Crippen molar-refractivity contribution in [3.8, 4) is 0 Å². The molecule has 0 heterocycles. The van der Waals surface area contributed by atoms with Crippen LogP contribution in [0.2, 0.25) is 0 Å². The predicted octanol–water partition coefficient (Wildman–Crippen LogP) is 3.70. The van der Waals surface area contributed by atoms with Crippen molar-refractivity contribution in [3.63, 3.8) is 0 Å². The van der Waals surface area contributed by atoms with Crippen LogP contribution in [0.5, 0.6) is 0 Å². The molecule has 1 fully saturated rings. The summed E-state index contributed by atoms with van der Waals surface area (Å²) in [5.41, 5.74) is 0.253. The van der Waals surface area contributed by atoms with E-state index in [0.717, 1.165) is 18.4 Å². The van der Waals surface area contributed by atoms with Gasteiger partial charge in [-0.05, 0) is 30.2 Å². The lowest BCUT2D eigenvalue weighted by molar-refractivity contribution is 0.101. The minimum Gasteiger partial charge on any atom is -0.453 e. The van der Waals surface area contributed by atoms with Gasteiger partial charge in [-0.1, -0.05) is 44.2 Å². The molecule has 0 radical (unpaired) electrons. The zero-order valence-electron chi connectivity index (χ0n) is 14.6. The van der Waals surface area contributed by atoms with Crippen LogP contribution in [0.25, 0.3) is 0 Å². The third-order valence-electron chi connectivity index (χ3n) is 3.56. The number of hydrogen-bond acceptors (Lipinski definition) is 5. The van der Waals surface area contributed by atoms with Gasteiger partial charge in [-0.2, -0.15) is 0 Å². The van der Waals surface area contributed by atoms with Crippen LogP contribution < -0.4 is 5.32 Å². The monoisotopic (exact) mass is 371 g/mol. The van der Waals surface area contributed by atoms with Crippen LogP contribution in [0.3, 0.4) is 0 Å². The summed E-state index contributed by atoms with van der Waals surface area (Å²) in [5.74, 6) is 0.701. The highest BCUT2D eigenvalue weighted by atomic mass is 35.5. The summed E-state index contributed by atoms with van der Waals surface area (Å²) in [6, 6.07) is 9.74. The van der Waals surface area contributed by atoms with E-state index in [1.54, 1.807) is 0 Å². The number of carbonyl (C=O) groups is 2.